The number of hydrogen-bond acceptors (Lipinski definition) is 3. The van der Waals surface area contributed by atoms with Crippen molar-refractivity contribution in [2.75, 3.05) is 0 Å². The Hall–Kier alpha value is -3.59. The van der Waals surface area contributed by atoms with Gasteiger partial charge in [-0.25, -0.2) is 4.79 Å². The summed E-state index contributed by atoms with van der Waals surface area (Å²) in [5, 5.41) is 1.86. The van der Waals surface area contributed by atoms with Crippen molar-refractivity contribution in [2.45, 2.75) is 6.92 Å². The number of hydrogen-bond donors (Lipinski definition) is 0. The van der Waals surface area contributed by atoms with Crippen LogP contribution in [-0.4, -0.2) is 0 Å². The molecule has 0 fully saturated rings. The molecule has 0 unspecified atom stereocenters. The number of fused-ring (bicyclic) bond motifs is 3. The number of furan rings is 1. The lowest BCUT2D eigenvalue weighted by atomic mass is 9.96. The van der Waals surface area contributed by atoms with Crippen molar-refractivity contribution in [3.63, 3.8) is 0 Å². The smallest absolute Gasteiger partial charge is 0.336 e. The van der Waals surface area contributed by atoms with Crippen LogP contribution in [0.4, 0.5) is 0 Å². The average Bonchev–Trinajstić information content (AvgIpc) is 3.14. The summed E-state index contributed by atoms with van der Waals surface area (Å²) in [7, 11) is 0. The van der Waals surface area contributed by atoms with Gasteiger partial charge in [-0.2, -0.15) is 0 Å². The van der Waals surface area contributed by atoms with Gasteiger partial charge in [0.25, 0.3) is 0 Å². The van der Waals surface area contributed by atoms with E-state index in [2.05, 4.69) is 12.1 Å². The maximum Gasteiger partial charge on any atom is 0.336 e. The van der Waals surface area contributed by atoms with Gasteiger partial charge in [-0.1, -0.05) is 60.7 Å². The van der Waals surface area contributed by atoms with Crippen LogP contribution in [0.1, 0.15) is 5.56 Å². The third-order valence-corrected chi connectivity index (χ3v) is 4.92. The summed E-state index contributed by atoms with van der Waals surface area (Å²) in [5.74, 6) is 0. The first-order chi connectivity index (χ1) is 13.2. The van der Waals surface area contributed by atoms with Crippen LogP contribution in [0.3, 0.4) is 0 Å². The molecule has 2 heterocycles. The molecule has 0 N–H and O–H groups in total. The van der Waals surface area contributed by atoms with E-state index in [4.69, 9.17) is 8.83 Å². The summed E-state index contributed by atoms with van der Waals surface area (Å²) in [4.78, 5) is 12.2. The van der Waals surface area contributed by atoms with Crippen molar-refractivity contribution >= 4 is 21.9 Å². The highest BCUT2D eigenvalue weighted by Gasteiger charge is 2.18. The molecule has 3 heteroatoms. The minimum absolute atomic E-state index is 0.366. The first kappa shape index (κ1) is 15.6. The summed E-state index contributed by atoms with van der Waals surface area (Å²) < 4.78 is 11.5. The molecular weight excluding hydrogens is 336 g/mol. The Morgan fingerprint density at radius 3 is 2.04 bits per heavy atom. The molecule has 0 saturated heterocycles. The Morgan fingerprint density at radius 2 is 1.37 bits per heavy atom. The van der Waals surface area contributed by atoms with E-state index in [-0.39, 0.29) is 5.63 Å². The molecule has 0 aliphatic carbocycles. The second kappa shape index (κ2) is 5.99. The van der Waals surface area contributed by atoms with Gasteiger partial charge in [0.2, 0.25) is 0 Å². The standard InChI is InChI=1S/C24H16O3/c1-15-12-20-23(18(13-21(25)27-20)16-8-4-2-5-9-16)24-22(15)19(14-26-24)17-10-6-3-7-11-17/h2-14H,1H3. The fraction of sp³-hybridized carbons (Fsp3) is 0.0417. The Kier molecular flexibility index (Phi) is 3.47. The van der Waals surface area contributed by atoms with Crippen LogP contribution in [-0.2, 0) is 0 Å². The van der Waals surface area contributed by atoms with Crippen LogP contribution in [0.2, 0.25) is 0 Å². The normalized spacial score (nSPS) is 11.3. The van der Waals surface area contributed by atoms with E-state index in [1.807, 2.05) is 61.5 Å². The summed E-state index contributed by atoms with van der Waals surface area (Å²) in [5.41, 5.74) is 5.84. The van der Waals surface area contributed by atoms with Gasteiger partial charge in [0.05, 0.1) is 11.6 Å². The summed E-state index contributed by atoms with van der Waals surface area (Å²) in [6, 6.07) is 23.5. The molecule has 0 spiro atoms. The maximum atomic E-state index is 12.2. The zero-order chi connectivity index (χ0) is 18.4. The van der Waals surface area contributed by atoms with Gasteiger partial charge in [-0.05, 0) is 29.7 Å². The first-order valence-corrected chi connectivity index (χ1v) is 8.82. The molecule has 27 heavy (non-hydrogen) atoms. The maximum absolute atomic E-state index is 12.2. The van der Waals surface area contributed by atoms with Crippen molar-refractivity contribution in [2.24, 2.45) is 0 Å². The van der Waals surface area contributed by atoms with Gasteiger partial charge in [-0.15, -0.1) is 0 Å². The van der Waals surface area contributed by atoms with Crippen LogP contribution >= 0.6 is 0 Å². The molecule has 3 nitrogen and oxygen atoms in total. The summed E-state index contributed by atoms with van der Waals surface area (Å²) >= 11 is 0. The third kappa shape index (κ3) is 2.48. The summed E-state index contributed by atoms with van der Waals surface area (Å²) in [6.45, 7) is 2.01. The fourth-order valence-corrected chi connectivity index (χ4v) is 3.73. The predicted molar refractivity (Wildman–Crippen MR) is 108 cm³/mol. The molecule has 0 radical (unpaired) electrons. The van der Waals surface area contributed by atoms with E-state index in [1.165, 1.54) is 6.07 Å². The van der Waals surface area contributed by atoms with Gasteiger partial charge in [-0.3, -0.25) is 0 Å². The molecule has 3 aromatic carbocycles. The van der Waals surface area contributed by atoms with Gasteiger partial charge in [0.1, 0.15) is 11.2 Å². The zero-order valence-corrected chi connectivity index (χ0v) is 14.7. The molecule has 0 saturated carbocycles. The molecule has 0 amide bonds. The average molecular weight is 352 g/mol. The lowest BCUT2D eigenvalue weighted by Gasteiger charge is -2.08. The van der Waals surface area contributed by atoms with E-state index >= 15 is 0 Å². The Labute approximate surface area is 155 Å². The second-order valence-corrected chi connectivity index (χ2v) is 6.63. The van der Waals surface area contributed by atoms with Crippen molar-refractivity contribution in [1.29, 1.82) is 0 Å². The Balaban J connectivity index is 1.93. The SMILES string of the molecule is Cc1cc2oc(=O)cc(-c3ccccc3)c2c2occ(-c3ccccc3)c12. The second-order valence-electron chi connectivity index (χ2n) is 6.63. The Morgan fingerprint density at radius 1 is 0.741 bits per heavy atom. The lowest BCUT2D eigenvalue weighted by Crippen LogP contribution is -1.98. The lowest BCUT2D eigenvalue weighted by molar-refractivity contribution is 0.560. The highest BCUT2D eigenvalue weighted by Crippen LogP contribution is 2.40. The fourth-order valence-electron chi connectivity index (χ4n) is 3.73. The van der Waals surface area contributed by atoms with Crippen molar-refractivity contribution in [3.8, 4) is 22.3 Å². The van der Waals surface area contributed by atoms with E-state index < -0.39 is 0 Å². The molecule has 130 valence electrons. The first-order valence-electron chi connectivity index (χ1n) is 8.82. The van der Waals surface area contributed by atoms with Crippen molar-refractivity contribution < 1.29 is 8.83 Å². The van der Waals surface area contributed by atoms with Gasteiger partial charge in [0, 0.05) is 22.6 Å². The highest BCUT2D eigenvalue weighted by molar-refractivity contribution is 6.14. The van der Waals surface area contributed by atoms with Crippen LogP contribution in [0.25, 0.3) is 44.2 Å². The molecule has 0 atom stereocenters. The minimum Gasteiger partial charge on any atom is -0.463 e. The van der Waals surface area contributed by atoms with Crippen molar-refractivity contribution in [1.82, 2.24) is 0 Å². The van der Waals surface area contributed by atoms with E-state index in [0.717, 1.165) is 44.2 Å². The zero-order valence-electron chi connectivity index (χ0n) is 14.7. The molecule has 0 aliphatic rings. The van der Waals surface area contributed by atoms with Gasteiger partial charge >= 0.3 is 5.63 Å². The number of rotatable bonds is 2. The van der Waals surface area contributed by atoms with Crippen LogP contribution < -0.4 is 5.63 Å². The van der Waals surface area contributed by atoms with Gasteiger partial charge < -0.3 is 8.83 Å². The third-order valence-electron chi connectivity index (χ3n) is 4.92. The van der Waals surface area contributed by atoms with Crippen LogP contribution in [0.5, 0.6) is 0 Å². The number of aryl methyl sites for hydroxylation is 1. The largest absolute Gasteiger partial charge is 0.463 e. The molecule has 5 aromatic rings. The molecular formula is C24H16O3. The molecule has 5 rings (SSSR count). The van der Waals surface area contributed by atoms with Crippen LogP contribution in [0.15, 0.2) is 92.7 Å². The predicted octanol–water partition coefficient (Wildman–Crippen LogP) is 6.18. The van der Waals surface area contributed by atoms with Crippen LogP contribution in [0, 0.1) is 6.92 Å². The molecule has 0 bridgehead atoms. The number of benzene rings is 3. The monoisotopic (exact) mass is 352 g/mol. The summed E-state index contributed by atoms with van der Waals surface area (Å²) in [6.07, 6.45) is 1.78. The highest BCUT2D eigenvalue weighted by atomic mass is 16.4. The molecule has 0 aliphatic heterocycles. The minimum atomic E-state index is -0.366. The van der Waals surface area contributed by atoms with E-state index in [1.54, 1.807) is 6.26 Å². The topological polar surface area (TPSA) is 43.4 Å². The molecule has 2 aromatic heterocycles. The Bertz CT molecular complexity index is 1330. The van der Waals surface area contributed by atoms with E-state index in [0.29, 0.717) is 5.58 Å². The van der Waals surface area contributed by atoms with E-state index in [9.17, 15) is 4.79 Å². The quantitative estimate of drug-likeness (QED) is 0.356. The van der Waals surface area contributed by atoms with Crippen molar-refractivity contribution in [3.05, 3.63) is 95.0 Å². The van der Waals surface area contributed by atoms with Gasteiger partial charge in [0.15, 0.2) is 0 Å².